The Morgan fingerprint density at radius 3 is 2.60 bits per heavy atom. The summed E-state index contributed by atoms with van der Waals surface area (Å²) in [7, 11) is 0. The third kappa shape index (κ3) is 3.44. The fourth-order valence-corrected chi connectivity index (χ4v) is 4.03. The summed E-state index contributed by atoms with van der Waals surface area (Å²) in [4.78, 5) is 2.62. The number of piperidine rings is 1. The number of nitrogens with zero attached hydrogens (tertiary/aromatic N) is 1. The van der Waals surface area contributed by atoms with Gasteiger partial charge in [0.15, 0.2) is 0 Å². The standard InChI is InChI=1S/C17H27BrN2/c1-11-8-12(2)14(4)20(10-11)17(13(3)19)15-6-5-7-16(18)9-15/h5-7,9,11-14,17H,8,10,19H2,1-4H3. The van der Waals surface area contributed by atoms with E-state index in [0.29, 0.717) is 12.1 Å². The third-order valence-corrected chi connectivity index (χ3v) is 5.18. The van der Waals surface area contributed by atoms with Gasteiger partial charge in [0.2, 0.25) is 0 Å². The molecule has 0 bridgehead atoms. The molecule has 2 rings (SSSR count). The smallest absolute Gasteiger partial charge is 0.0499 e. The van der Waals surface area contributed by atoms with Crippen LogP contribution in [0.4, 0.5) is 0 Å². The van der Waals surface area contributed by atoms with E-state index in [2.05, 4.69) is 72.8 Å². The van der Waals surface area contributed by atoms with Crippen molar-refractivity contribution in [2.24, 2.45) is 17.6 Å². The second-order valence-corrected chi connectivity index (χ2v) is 7.53. The Hall–Kier alpha value is -0.380. The molecule has 2 nitrogen and oxygen atoms in total. The van der Waals surface area contributed by atoms with Gasteiger partial charge in [0.25, 0.3) is 0 Å². The van der Waals surface area contributed by atoms with Crippen molar-refractivity contribution < 1.29 is 0 Å². The Labute approximate surface area is 131 Å². The van der Waals surface area contributed by atoms with Gasteiger partial charge in [-0.25, -0.2) is 0 Å². The topological polar surface area (TPSA) is 29.3 Å². The second-order valence-electron chi connectivity index (χ2n) is 6.61. The Morgan fingerprint density at radius 1 is 1.30 bits per heavy atom. The Morgan fingerprint density at radius 2 is 2.00 bits per heavy atom. The first-order chi connectivity index (χ1) is 9.40. The van der Waals surface area contributed by atoms with Gasteiger partial charge in [0.1, 0.15) is 0 Å². The summed E-state index contributed by atoms with van der Waals surface area (Å²) in [5.74, 6) is 1.47. The summed E-state index contributed by atoms with van der Waals surface area (Å²) < 4.78 is 1.13. The number of benzene rings is 1. The lowest BCUT2D eigenvalue weighted by molar-refractivity contribution is 0.0314. The van der Waals surface area contributed by atoms with E-state index in [0.717, 1.165) is 22.9 Å². The number of hydrogen-bond donors (Lipinski definition) is 1. The summed E-state index contributed by atoms with van der Waals surface area (Å²) in [6, 6.07) is 9.61. The molecule has 0 aliphatic carbocycles. The van der Waals surface area contributed by atoms with Crippen molar-refractivity contribution in [3.05, 3.63) is 34.3 Å². The maximum absolute atomic E-state index is 6.35. The molecule has 112 valence electrons. The normalized spacial score (nSPS) is 31.0. The molecule has 0 radical (unpaired) electrons. The Bertz CT molecular complexity index is 446. The molecule has 0 amide bonds. The lowest BCUT2D eigenvalue weighted by Gasteiger charge is -2.46. The summed E-state index contributed by atoms with van der Waals surface area (Å²) in [5, 5.41) is 0. The van der Waals surface area contributed by atoms with Crippen LogP contribution in [-0.2, 0) is 0 Å². The molecule has 1 aliphatic heterocycles. The average Bonchev–Trinajstić information content (AvgIpc) is 2.35. The Balaban J connectivity index is 2.32. The van der Waals surface area contributed by atoms with E-state index in [4.69, 9.17) is 5.73 Å². The van der Waals surface area contributed by atoms with Crippen molar-refractivity contribution in [1.29, 1.82) is 0 Å². The molecule has 1 fully saturated rings. The lowest BCUT2D eigenvalue weighted by Crippen LogP contribution is -2.51. The zero-order valence-electron chi connectivity index (χ0n) is 13.0. The van der Waals surface area contributed by atoms with E-state index in [1.165, 1.54) is 12.0 Å². The number of rotatable bonds is 3. The van der Waals surface area contributed by atoms with Gasteiger partial charge in [-0.15, -0.1) is 0 Å². The van der Waals surface area contributed by atoms with Gasteiger partial charge in [-0.05, 0) is 49.8 Å². The fourth-order valence-electron chi connectivity index (χ4n) is 3.61. The molecule has 1 aromatic carbocycles. The van der Waals surface area contributed by atoms with Crippen LogP contribution in [0.5, 0.6) is 0 Å². The molecule has 1 heterocycles. The van der Waals surface area contributed by atoms with Crippen LogP contribution in [0.1, 0.15) is 45.7 Å². The summed E-state index contributed by atoms with van der Waals surface area (Å²) >= 11 is 3.58. The molecule has 1 aromatic rings. The van der Waals surface area contributed by atoms with E-state index in [-0.39, 0.29) is 6.04 Å². The van der Waals surface area contributed by atoms with Crippen LogP contribution in [0.2, 0.25) is 0 Å². The molecular formula is C17H27BrN2. The highest BCUT2D eigenvalue weighted by Crippen LogP contribution is 2.35. The van der Waals surface area contributed by atoms with Crippen molar-refractivity contribution >= 4 is 15.9 Å². The SMILES string of the molecule is CC1CC(C)C(C)N(C(c2cccc(Br)c2)C(C)N)C1. The third-order valence-electron chi connectivity index (χ3n) is 4.69. The predicted molar refractivity (Wildman–Crippen MR) is 89.6 cm³/mol. The first-order valence-corrected chi connectivity index (χ1v) is 8.46. The molecule has 0 saturated carbocycles. The van der Waals surface area contributed by atoms with Crippen LogP contribution in [0, 0.1) is 11.8 Å². The van der Waals surface area contributed by atoms with Crippen LogP contribution < -0.4 is 5.73 Å². The largest absolute Gasteiger partial charge is 0.326 e. The summed E-state index contributed by atoms with van der Waals surface area (Å²) in [6.45, 7) is 10.3. The molecule has 5 atom stereocenters. The quantitative estimate of drug-likeness (QED) is 0.894. The van der Waals surface area contributed by atoms with Crippen LogP contribution in [-0.4, -0.2) is 23.5 Å². The number of halogens is 1. The molecule has 0 spiro atoms. The van der Waals surface area contributed by atoms with Gasteiger partial charge >= 0.3 is 0 Å². The van der Waals surface area contributed by atoms with E-state index in [9.17, 15) is 0 Å². The predicted octanol–water partition coefficient (Wildman–Crippen LogP) is 4.20. The van der Waals surface area contributed by atoms with E-state index in [1.807, 2.05) is 0 Å². The minimum absolute atomic E-state index is 0.129. The maximum Gasteiger partial charge on any atom is 0.0499 e. The molecule has 20 heavy (non-hydrogen) atoms. The summed E-state index contributed by atoms with van der Waals surface area (Å²) in [6.07, 6.45) is 1.32. The molecule has 5 unspecified atom stereocenters. The zero-order chi connectivity index (χ0) is 14.9. The minimum Gasteiger partial charge on any atom is -0.326 e. The lowest BCUT2D eigenvalue weighted by atomic mass is 9.83. The monoisotopic (exact) mass is 338 g/mol. The molecule has 1 aliphatic rings. The van der Waals surface area contributed by atoms with Gasteiger partial charge in [0.05, 0.1) is 0 Å². The van der Waals surface area contributed by atoms with Crippen LogP contribution in [0.3, 0.4) is 0 Å². The summed E-state index contributed by atoms with van der Waals surface area (Å²) in [5.41, 5.74) is 7.67. The molecular weight excluding hydrogens is 312 g/mol. The highest BCUT2D eigenvalue weighted by Gasteiger charge is 2.35. The van der Waals surface area contributed by atoms with Crippen molar-refractivity contribution in [3.63, 3.8) is 0 Å². The first kappa shape index (κ1) is 16.0. The molecule has 3 heteroatoms. The minimum atomic E-state index is 0.129. The molecule has 0 aromatic heterocycles. The average molecular weight is 339 g/mol. The van der Waals surface area contributed by atoms with Crippen LogP contribution in [0.25, 0.3) is 0 Å². The van der Waals surface area contributed by atoms with Crippen molar-refractivity contribution in [3.8, 4) is 0 Å². The zero-order valence-corrected chi connectivity index (χ0v) is 14.6. The van der Waals surface area contributed by atoms with Gasteiger partial charge in [-0.1, -0.05) is 41.9 Å². The molecule has 2 N–H and O–H groups in total. The number of nitrogens with two attached hydrogens (primary N) is 1. The number of hydrogen-bond acceptors (Lipinski definition) is 2. The fraction of sp³-hybridized carbons (Fsp3) is 0.647. The maximum atomic E-state index is 6.35. The highest BCUT2D eigenvalue weighted by molar-refractivity contribution is 9.10. The van der Waals surface area contributed by atoms with Crippen LogP contribution in [0.15, 0.2) is 28.7 Å². The van der Waals surface area contributed by atoms with Gasteiger partial charge in [-0.3, -0.25) is 4.90 Å². The number of likely N-dealkylation sites (tertiary alicyclic amines) is 1. The van der Waals surface area contributed by atoms with Crippen LogP contribution >= 0.6 is 15.9 Å². The van der Waals surface area contributed by atoms with E-state index >= 15 is 0 Å². The van der Waals surface area contributed by atoms with Gasteiger partial charge in [-0.2, -0.15) is 0 Å². The Kier molecular flexibility index (Phi) is 5.27. The second kappa shape index (κ2) is 6.59. The van der Waals surface area contributed by atoms with Crippen molar-refractivity contribution in [2.45, 2.75) is 52.2 Å². The van der Waals surface area contributed by atoms with E-state index < -0.39 is 0 Å². The molecule has 1 saturated heterocycles. The van der Waals surface area contributed by atoms with Gasteiger partial charge < -0.3 is 5.73 Å². The van der Waals surface area contributed by atoms with Crippen molar-refractivity contribution in [1.82, 2.24) is 4.90 Å². The van der Waals surface area contributed by atoms with Crippen molar-refractivity contribution in [2.75, 3.05) is 6.54 Å². The highest BCUT2D eigenvalue weighted by atomic mass is 79.9. The first-order valence-electron chi connectivity index (χ1n) is 7.67. The van der Waals surface area contributed by atoms with Gasteiger partial charge in [0, 0.05) is 29.1 Å². The van der Waals surface area contributed by atoms with E-state index in [1.54, 1.807) is 0 Å².